The highest BCUT2D eigenvalue weighted by Gasteiger charge is 2.16. The van der Waals surface area contributed by atoms with Crippen LogP contribution in [0.5, 0.6) is 0 Å². The number of nitrogens with one attached hydrogen (secondary N) is 1. The van der Waals surface area contributed by atoms with Gasteiger partial charge in [-0.2, -0.15) is 0 Å². The molecule has 0 aliphatic carbocycles. The molecule has 154 valence electrons. The maximum Gasteiger partial charge on any atom is 0.316 e. The van der Waals surface area contributed by atoms with Gasteiger partial charge >= 0.3 is 5.97 Å². The van der Waals surface area contributed by atoms with Gasteiger partial charge in [0, 0.05) is 18.4 Å². The van der Waals surface area contributed by atoms with Crippen LogP contribution in [0, 0.1) is 13.8 Å². The molecule has 1 aromatic heterocycles. The van der Waals surface area contributed by atoms with Crippen LogP contribution in [0.2, 0.25) is 5.02 Å². The largest absolute Gasteiger partial charge is 0.455 e. The van der Waals surface area contributed by atoms with Gasteiger partial charge < -0.3 is 15.0 Å². The van der Waals surface area contributed by atoms with Gasteiger partial charge in [0.15, 0.2) is 11.8 Å². The highest BCUT2D eigenvalue weighted by atomic mass is 35.5. The van der Waals surface area contributed by atoms with Crippen LogP contribution in [0.3, 0.4) is 0 Å². The number of carbonyl (C=O) groups excluding carboxylic acids is 3. The minimum absolute atomic E-state index is 0.0210. The van der Waals surface area contributed by atoms with Gasteiger partial charge in [0.25, 0.3) is 5.91 Å². The predicted octanol–water partition coefficient (Wildman–Crippen LogP) is 2.48. The number of hydrogen-bond acceptors (Lipinski definition) is 7. The van der Waals surface area contributed by atoms with Gasteiger partial charge in [0.05, 0.1) is 23.0 Å². The second kappa shape index (κ2) is 10.8. The third-order valence-corrected chi connectivity index (χ3v) is 4.74. The van der Waals surface area contributed by atoms with Crippen molar-refractivity contribution in [1.29, 1.82) is 0 Å². The topological polar surface area (TPSA) is 101 Å². The second-order valence-electron chi connectivity index (χ2n) is 6.16. The summed E-state index contributed by atoms with van der Waals surface area (Å²) in [7, 11) is 1.44. The Hall–Kier alpha value is -2.65. The van der Waals surface area contributed by atoms with Crippen molar-refractivity contribution in [3.8, 4) is 0 Å². The highest BCUT2D eigenvalue weighted by Crippen LogP contribution is 2.20. The molecule has 1 N–H and O–H groups in total. The van der Waals surface area contributed by atoms with Crippen molar-refractivity contribution >= 4 is 46.8 Å². The van der Waals surface area contributed by atoms with E-state index in [1.807, 2.05) is 19.9 Å². The molecule has 0 fully saturated rings. The summed E-state index contributed by atoms with van der Waals surface area (Å²) in [6.45, 7) is 3.02. The number of aromatic nitrogens is 2. The van der Waals surface area contributed by atoms with Gasteiger partial charge in [0.1, 0.15) is 0 Å². The summed E-state index contributed by atoms with van der Waals surface area (Å²) < 4.78 is 4.97. The number of nitrogens with zero attached hydrogens (tertiary/aromatic N) is 3. The van der Waals surface area contributed by atoms with Crippen molar-refractivity contribution in [2.45, 2.75) is 19.0 Å². The minimum atomic E-state index is -0.569. The molecule has 1 aromatic carbocycles. The lowest BCUT2D eigenvalue weighted by Gasteiger charge is -2.17. The molecule has 10 heteroatoms. The molecule has 0 bridgehead atoms. The van der Waals surface area contributed by atoms with Crippen LogP contribution in [0.4, 0.5) is 5.69 Å². The van der Waals surface area contributed by atoms with Crippen molar-refractivity contribution in [2.24, 2.45) is 0 Å². The van der Waals surface area contributed by atoms with E-state index in [-0.39, 0.29) is 12.3 Å². The average molecular weight is 437 g/mol. The normalized spacial score (nSPS) is 10.3. The summed E-state index contributed by atoms with van der Waals surface area (Å²) >= 11 is 7.11. The number of likely N-dealkylation sites (N-methyl/N-ethyl adjacent to an activating group) is 1. The average Bonchev–Trinajstić information content (AvgIpc) is 2.65. The third kappa shape index (κ3) is 7.71. The van der Waals surface area contributed by atoms with Crippen molar-refractivity contribution in [3.05, 3.63) is 46.7 Å². The second-order valence-corrected chi connectivity index (χ2v) is 7.51. The number of anilines is 1. The third-order valence-electron chi connectivity index (χ3n) is 3.59. The molecule has 2 amide bonds. The molecule has 0 spiro atoms. The van der Waals surface area contributed by atoms with Crippen LogP contribution in [-0.4, -0.2) is 58.6 Å². The number of amides is 2. The maximum absolute atomic E-state index is 12.1. The number of halogens is 1. The van der Waals surface area contributed by atoms with Gasteiger partial charge in [0.2, 0.25) is 5.91 Å². The van der Waals surface area contributed by atoms with Crippen molar-refractivity contribution in [1.82, 2.24) is 14.9 Å². The highest BCUT2D eigenvalue weighted by molar-refractivity contribution is 7.99. The van der Waals surface area contributed by atoms with Crippen LogP contribution >= 0.6 is 23.4 Å². The first kappa shape index (κ1) is 22.6. The molecule has 29 heavy (non-hydrogen) atoms. The van der Waals surface area contributed by atoms with E-state index in [1.165, 1.54) is 11.9 Å². The Labute approximate surface area is 178 Å². The fraction of sp³-hybridized carbons (Fsp3) is 0.316. The Balaban J connectivity index is 1.73. The number of ether oxygens (including phenoxy) is 1. The fourth-order valence-electron chi connectivity index (χ4n) is 2.23. The number of esters is 1. The van der Waals surface area contributed by atoms with Crippen LogP contribution in [0.1, 0.15) is 11.4 Å². The molecule has 0 radical (unpaired) electrons. The molecule has 0 aliphatic heterocycles. The van der Waals surface area contributed by atoms with Gasteiger partial charge in [-0.15, -0.1) is 0 Å². The number of thioether (sulfide) groups is 1. The summed E-state index contributed by atoms with van der Waals surface area (Å²) in [6, 6.07) is 8.61. The first-order chi connectivity index (χ1) is 13.7. The molecule has 8 nitrogen and oxygen atoms in total. The molecular formula is C19H21ClN4O4S. The number of para-hydroxylation sites is 1. The molecule has 0 aliphatic rings. The number of hydrogen-bond donors (Lipinski definition) is 1. The van der Waals surface area contributed by atoms with Crippen molar-refractivity contribution in [2.75, 3.05) is 31.3 Å². The molecule has 0 saturated carbocycles. The standard InChI is InChI=1S/C19H21ClN4O4S/c1-12-8-13(2)22-19(21-12)29-11-18(27)28-10-17(26)24(3)9-16(25)23-15-7-5-4-6-14(15)20/h4-8H,9-11H2,1-3H3,(H,23,25). The smallest absolute Gasteiger partial charge is 0.316 e. The first-order valence-corrected chi connectivity index (χ1v) is 10.00. The molecular weight excluding hydrogens is 416 g/mol. The van der Waals surface area contributed by atoms with Crippen LogP contribution in [0.25, 0.3) is 0 Å². The van der Waals surface area contributed by atoms with E-state index in [2.05, 4.69) is 15.3 Å². The van der Waals surface area contributed by atoms with E-state index < -0.39 is 24.4 Å². The zero-order valence-electron chi connectivity index (χ0n) is 16.3. The van der Waals surface area contributed by atoms with E-state index in [0.717, 1.165) is 23.1 Å². The maximum atomic E-state index is 12.1. The van der Waals surface area contributed by atoms with Crippen molar-refractivity contribution < 1.29 is 19.1 Å². The predicted molar refractivity (Wildman–Crippen MR) is 111 cm³/mol. The quantitative estimate of drug-likeness (QED) is 0.385. The summed E-state index contributed by atoms with van der Waals surface area (Å²) in [5, 5.41) is 3.49. The number of rotatable bonds is 8. The van der Waals surface area contributed by atoms with Gasteiger partial charge in [-0.25, -0.2) is 9.97 Å². The lowest BCUT2D eigenvalue weighted by Crippen LogP contribution is -2.37. The Morgan fingerprint density at radius 2 is 1.83 bits per heavy atom. The molecule has 0 saturated heterocycles. The van der Waals surface area contributed by atoms with Gasteiger partial charge in [-0.3, -0.25) is 14.4 Å². The first-order valence-electron chi connectivity index (χ1n) is 8.63. The van der Waals surface area contributed by atoms with E-state index in [1.54, 1.807) is 24.3 Å². The van der Waals surface area contributed by atoms with E-state index >= 15 is 0 Å². The number of carbonyl (C=O) groups is 3. The zero-order valence-corrected chi connectivity index (χ0v) is 17.8. The monoisotopic (exact) mass is 436 g/mol. The minimum Gasteiger partial charge on any atom is -0.455 e. The van der Waals surface area contributed by atoms with Gasteiger partial charge in [-0.1, -0.05) is 35.5 Å². The summed E-state index contributed by atoms with van der Waals surface area (Å²) in [5.74, 6) is -1.50. The van der Waals surface area contributed by atoms with Crippen molar-refractivity contribution in [3.63, 3.8) is 0 Å². The van der Waals surface area contributed by atoms with E-state index in [0.29, 0.717) is 15.9 Å². The molecule has 1 heterocycles. The summed E-state index contributed by atoms with van der Waals surface area (Å²) in [5.41, 5.74) is 2.07. The number of aryl methyl sites for hydroxylation is 2. The fourth-order valence-corrected chi connectivity index (χ4v) is 3.16. The lowest BCUT2D eigenvalue weighted by atomic mass is 10.3. The molecule has 2 aromatic rings. The zero-order chi connectivity index (χ0) is 21.4. The molecule has 2 rings (SSSR count). The Morgan fingerprint density at radius 1 is 1.17 bits per heavy atom. The summed E-state index contributed by atoms with van der Waals surface area (Å²) in [4.78, 5) is 45.6. The van der Waals surface area contributed by atoms with E-state index in [9.17, 15) is 14.4 Å². The number of benzene rings is 1. The van der Waals surface area contributed by atoms with Crippen LogP contribution in [0.15, 0.2) is 35.5 Å². The molecule has 0 atom stereocenters. The van der Waals surface area contributed by atoms with Gasteiger partial charge in [-0.05, 0) is 32.0 Å². The Bertz CT molecular complexity index is 889. The molecule has 0 unspecified atom stereocenters. The van der Waals surface area contributed by atoms with Crippen LogP contribution < -0.4 is 5.32 Å². The lowest BCUT2D eigenvalue weighted by molar-refractivity contribution is -0.149. The Morgan fingerprint density at radius 3 is 2.48 bits per heavy atom. The summed E-state index contributed by atoms with van der Waals surface area (Å²) in [6.07, 6.45) is 0. The van der Waals surface area contributed by atoms with E-state index in [4.69, 9.17) is 16.3 Å². The SMILES string of the molecule is Cc1cc(C)nc(SCC(=O)OCC(=O)N(C)CC(=O)Nc2ccccc2Cl)n1. The van der Waals surface area contributed by atoms with Crippen LogP contribution in [-0.2, 0) is 19.1 Å². The Kier molecular flexibility index (Phi) is 8.41.